The van der Waals surface area contributed by atoms with E-state index in [1.165, 1.54) is 12.4 Å². The lowest BCUT2D eigenvalue weighted by Gasteiger charge is -2.21. The third-order valence-electron chi connectivity index (χ3n) is 4.26. The van der Waals surface area contributed by atoms with Crippen LogP contribution < -0.4 is 0 Å². The Balaban J connectivity index is 1.67. The molecule has 1 aromatic rings. The lowest BCUT2D eigenvalue weighted by atomic mass is 10.0. The average Bonchev–Trinajstić information content (AvgIpc) is 3.10. The molecule has 3 heterocycles. The van der Waals surface area contributed by atoms with E-state index in [0.29, 0.717) is 32.1 Å². The molecule has 7 nitrogen and oxygen atoms in total. The molecule has 0 N–H and O–H groups in total. The molecular weight excluding hydrogens is 284 g/mol. The molecule has 120 valence electrons. The molecular formula is C15H22N4O3. The highest BCUT2D eigenvalue weighted by Gasteiger charge is 2.48. The van der Waals surface area contributed by atoms with E-state index in [4.69, 9.17) is 9.47 Å². The van der Waals surface area contributed by atoms with Gasteiger partial charge in [-0.15, -0.1) is 0 Å². The monoisotopic (exact) mass is 306 g/mol. The van der Waals surface area contributed by atoms with Gasteiger partial charge in [-0.3, -0.25) is 9.78 Å². The van der Waals surface area contributed by atoms with E-state index in [1.807, 2.05) is 19.0 Å². The van der Waals surface area contributed by atoms with Crippen LogP contribution in [0, 0.1) is 5.92 Å². The van der Waals surface area contributed by atoms with Gasteiger partial charge in [0.05, 0.1) is 38.2 Å². The number of likely N-dealkylation sites (tertiary alicyclic amines) is 1. The second kappa shape index (κ2) is 6.68. The van der Waals surface area contributed by atoms with Gasteiger partial charge < -0.3 is 19.3 Å². The normalized spacial score (nSPS) is 27.4. The van der Waals surface area contributed by atoms with E-state index in [1.54, 1.807) is 6.20 Å². The minimum absolute atomic E-state index is 0.0353. The van der Waals surface area contributed by atoms with Gasteiger partial charge in [-0.05, 0) is 14.1 Å². The predicted molar refractivity (Wildman–Crippen MR) is 79.5 cm³/mol. The summed E-state index contributed by atoms with van der Waals surface area (Å²) in [5.41, 5.74) is 0.377. The zero-order chi connectivity index (χ0) is 15.5. The molecule has 1 amide bonds. The number of hydrogen-bond donors (Lipinski definition) is 0. The third kappa shape index (κ3) is 3.11. The molecule has 7 heteroatoms. The summed E-state index contributed by atoms with van der Waals surface area (Å²) >= 11 is 0. The molecule has 2 aliphatic rings. The fraction of sp³-hybridized carbons (Fsp3) is 0.667. The first kappa shape index (κ1) is 15.3. The Bertz CT molecular complexity index is 511. The number of rotatable bonds is 5. The predicted octanol–water partition coefficient (Wildman–Crippen LogP) is -0.106. The van der Waals surface area contributed by atoms with Crippen molar-refractivity contribution >= 4 is 5.91 Å². The molecule has 3 rings (SSSR count). The van der Waals surface area contributed by atoms with Gasteiger partial charge in [0.15, 0.2) is 0 Å². The largest absolute Gasteiger partial charge is 0.379 e. The number of carbonyl (C=O) groups excluding carboxylic acids is 1. The zero-order valence-electron chi connectivity index (χ0n) is 13.0. The number of likely N-dealkylation sites (N-methyl/N-ethyl adjacent to an activating group) is 1. The number of nitrogens with zero attached hydrogens (tertiary/aromatic N) is 4. The Kier molecular flexibility index (Phi) is 4.66. The first-order valence-electron chi connectivity index (χ1n) is 7.58. The Hall–Kier alpha value is -1.57. The number of ether oxygens (including phenoxy) is 2. The SMILES string of the molecule is CN(C)CCO[C@@H]1CN(C(=O)c2cnccn2)[C@H]2COC[C@@H]12. The Morgan fingerprint density at radius 1 is 1.45 bits per heavy atom. The maximum Gasteiger partial charge on any atom is 0.274 e. The van der Waals surface area contributed by atoms with Gasteiger partial charge in [0.2, 0.25) is 0 Å². The molecule has 0 radical (unpaired) electrons. The molecule has 2 aliphatic heterocycles. The smallest absolute Gasteiger partial charge is 0.274 e. The summed E-state index contributed by atoms with van der Waals surface area (Å²) in [5.74, 6) is 0.162. The Morgan fingerprint density at radius 3 is 3.05 bits per heavy atom. The lowest BCUT2D eigenvalue weighted by Crippen LogP contribution is -2.38. The van der Waals surface area contributed by atoms with E-state index in [-0.39, 0.29) is 24.0 Å². The maximum absolute atomic E-state index is 12.6. The minimum atomic E-state index is -0.0905. The number of aromatic nitrogens is 2. The van der Waals surface area contributed by atoms with Crippen molar-refractivity contribution in [1.82, 2.24) is 19.8 Å². The Labute approximate surface area is 130 Å². The summed E-state index contributed by atoms with van der Waals surface area (Å²) in [5, 5.41) is 0. The van der Waals surface area contributed by atoms with E-state index >= 15 is 0 Å². The zero-order valence-corrected chi connectivity index (χ0v) is 13.0. The second-order valence-corrected chi connectivity index (χ2v) is 6.03. The van der Waals surface area contributed by atoms with Crippen molar-refractivity contribution in [3.63, 3.8) is 0 Å². The van der Waals surface area contributed by atoms with E-state index in [0.717, 1.165) is 6.54 Å². The van der Waals surface area contributed by atoms with Crippen LogP contribution >= 0.6 is 0 Å². The van der Waals surface area contributed by atoms with Crippen LogP contribution in [0.3, 0.4) is 0 Å². The fourth-order valence-corrected chi connectivity index (χ4v) is 3.05. The molecule has 0 aliphatic carbocycles. The highest BCUT2D eigenvalue weighted by atomic mass is 16.5. The molecule has 0 bridgehead atoms. The number of carbonyl (C=O) groups is 1. The molecule has 0 aromatic carbocycles. The average molecular weight is 306 g/mol. The summed E-state index contributed by atoms with van der Waals surface area (Å²) in [6, 6.07) is 0.0823. The fourth-order valence-electron chi connectivity index (χ4n) is 3.05. The van der Waals surface area contributed by atoms with E-state index in [2.05, 4.69) is 14.9 Å². The van der Waals surface area contributed by atoms with Gasteiger partial charge in [-0.25, -0.2) is 4.98 Å². The van der Waals surface area contributed by atoms with Crippen molar-refractivity contribution in [3.8, 4) is 0 Å². The Morgan fingerprint density at radius 2 is 2.32 bits per heavy atom. The summed E-state index contributed by atoms with van der Waals surface area (Å²) in [7, 11) is 4.03. The summed E-state index contributed by atoms with van der Waals surface area (Å²) < 4.78 is 11.6. The van der Waals surface area contributed by atoms with Crippen LogP contribution in [0.5, 0.6) is 0 Å². The van der Waals surface area contributed by atoms with E-state index in [9.17, 15) is 4.79 Å². The third-order valence-corrected chi connectivity index (χ3v) is 4.26. The number of fused-ring (bicyclic) bond motifs is 1. The minimum Gasteiger partial charge on any atom is -0.379 e. The second-order valence-electron chi connectivity index (χ2n) is 6.03. The molecule has 1 aromatic heterocycles. The molecule has 2 fully saturated rings. The summed E-state index contributed by atoms with van der Waals surface area (Å²) in [4.78, 5) is 24.6. The number of amides is 1. The summed E-state index contributed by atoms with van der Waals surface area (Å²) in [6.07, 6.45) is 4.65. The first-order valence-corrected chi connectivity index (χ1v) is 7.58. The van der Waals surface area contributed by atoms with Crippen molar-refractivity contribution in [2.24, 2.45) is 5.92 Å². The lowest BCUT2D eigenvalue weighted by molar-refractivity contribution is 0.0135. The van der Waals surface area contributed by atoms with Crippen LogP contribution in [0.25, 0.3) is 0 Å². The van der Waals surface area contributed by atoms with Crippen molar-refractivity contribution in [3.05, 3.63) is 24.3 Å². The molecule has 3 atom stereocenters. The van der Waals surface area contributed by atoms with Gasteiger partial charge >= 0.3 is 0 Å². The van der Waals surface area contributed by atoms with Gasteiger partial charge in [-0.1, -0.05) is 0 Å². The van der Waals surface area contributed by atoms with Gasteiger partial charge in [-0.2, -0.15) is 0 Å². The molecule has 0 spiro atoms. The topological polar surface area (TPSA) is 67.8 Å². The van der Waals surface area contributed by atoms with Gasteiger partial charge in [0.25, 0.3) is 5.91 Å². The molecule has 2 saturated heterocycles. The first-order chi connectivity index (χ1) is 10.7. The molecule has 0 saturated carbocycles. The van der Waals surface area contributed by atoms with Crippen molar-refractivity contribution in [2.45, 2.75) is 12.1 Å². The molecule has 22 heavy (non-hydrogen) atoms. The van der Waals surface area contributed by atoms with Gasteiger partial charge in [0.1, 0.15) is 5.69 Å². The maximum atomic E-state index is 12.6. The van der Waals surface area contributed by atoms with Gasteiger partial charge in [0, 0.05) is 31.4 Å². The van der Waals surface area contributed by atoms with Crippen LogP contribution in [-0.2, 0) is 9.47 Å². The van der Waals surface area contributed by atoms with Crippen LogP contribution in [0.15, 0.2) is 18.6 Å². The van der Waals surface area contributed by atoms with Crippen LogP contribution in [0.2, 0.25) is 0 Å². The highest BCUT2D eigenvalue weighted by molar-refractivity contribution is 5.92. The highest BCUT2D eigenvalue weighted by Crippen LogP contribution is 2.32. The summed E-state index contributed by atoms with van der Waals surface area (Å²) in [6.45, 7) is 3.36. The van der Waals surface area contributed by atoms with Crippen LogP contribution in [0.1, 0.15) is 10.5 Å². The quantitative estimate of drug-likeness (QED) is 0.756. The van der Waals surface area contributed by atoms with Crippen molar-refractivity contribution in [1.29, 1.82) is 0 Å². The van der Waals surface area contributed by atoms with Crippen LogP contribution in [0.4, 0.5) is 0 Å². The van der Waals surface area contributed by atoms with Crippen molar-refractivity contribution in [2.75, 3.05) is 47.0 Å². The molecule has 0 unspecified atom stereocenters. The van der Waals surface area contributed by atoms with E-state index < -0.39 is 0 Å². The van der Waals surface area contributed by atoms with Crippen LogP contribution in [-0.4, -0.2) is 84.8 Å². The number of hydrogen-bond acceptors (Lipinski definition) is 6. The van der Waals surface area contributed by atoms with Crippen molar-refractivity contribution < 1.29 is 14.3 Å². The standard InChI is InChI=1S/C15H22N4O3/c1-18(2)5-6-22-14-8-19(13-10-21-9-11(13)14)15(20)12-7-16-3-4-17-12/h3-4,7,11,13-14H,5-6,8-10H2,1-2H3/t11-,13+,14-/m1/s1.